The monoisotopic (exact) mass is 308 g/mol. The lowest BCUT2D eigenvalue weighted by Gasteiger charge is -2.42. The van der Waals surface area contributed by atoms with E-state index in [2.05, 4.69) is 20.2 Å². The SMILES string of the molecule is CNC(=O)CC1(COC)CN(Cc2ccnc(C)n2)CCO1. The Morgan fingerprint density at radius 2 is 2.41 bits per heavy atom. The molecule has 1 saturated heterocycles. The number of morpholine rings is 1. The topological polar surface area (TPSA) is 76.6 Å². The van der Waals surface area contributed by atoms with Crippen molar-refractivity contribution in [2.45, 2.75) is 25.5 Å². The molecule has 1 N–H and O–H groups in total. The van der Waals surface area contributed by atoms with Gasteiger partial charge in [0.1, 0.15) is 11.4 Å². The van der Waals surface area contributed by atoms with Gasteiger partial charge in [0.15, 0.2) is 0 Å². The molecule has 0 radical (unpaired) electrons. The normalized spacial score (nSPS) is 22.5. The van der Waals surface area contributed by atoms with E-state index in [9.17, 15) is 4.79 Å². The summed E-state index contributed by atoms with van der Waals surface area (Å²) in [6.45, 7) is 5.00. The first-order valence-corrected chi connectivity index (χ1v) is 7.41. The third-order valence-corrected chi connectivity index (χ3v) is 3.72. The van der Waals surface area contributed by atoms with Crippen LogP contribution in [-0.2, 0) is 20.8 Å². The summed E-state index contributed by atoms with van der Waals surface area (Å²) in [6.07, 6.45) is 2.06. The molecule has 1 aliphatic rings. The fraction of sp³-hybridized carbons (Fsp3) is 0.667. The standard InChI is InChI=1S/C15H24N4O3/c1-12-17-5-4-13(18-12)9-19-6-7-22-15(10-19,11-21-3)8-14(20)16-2/h4-5H,6-11H2,1-3H3,(H,16,20). The summed E-state index contributed by atoms with van der Waals surface area (Å²) < 4.78 is 11.2. The minimum Gasteiger partial charge on any atom is -0.382 e. The highest BCUT2D eigenvalue weighted by Gasteiger charge is 2.38. The van der Waals surface area contributed by atoms with Crippen LogP contribution >= 0.6 is 0 Å². The first-order valence-electron chi connectivity index (χ1n) is 7.41. The fourth-order valence-corrected chi connectivity index (χ4v) is 2.77. The van der Waals surface area contributed by atoms with E-state index in [4.69, 9.17) is 9.47 Å². The Hall–Kier alpha value is -1.57. The van der Waals surface area contributed by atoms with Crippen molar-refractivity contribution < 1.29 is 14.3 Å². The number of hydrogen-bond acceptors (Lipinski definition) is 6. The minimum absolute atomic E-state index is 0.0446. The maximum atomic E-state index is 11.8. The highest BCUT2D eigenvalue weighted by atomic mass is 16.5. The van der Waals surface area contributed by atoms with Gasteiger partial charge in [-0.05, 0) is 13.0 Å². The number of methoxy groups -OCH3 is 1. The summed E-state index contributed by atoms with van der Waals surface area (Å²) in [6, 6.07) is 1.92. The molecule has 1 amide bonds. The molecule has 0 aromatic carbocycles. The molecule has 0 spiro atoms. The van der Waals surface area contributed by atoms with E-state index in [1.54, 1.807) is 20.4 Å². The van der Waals surface area contributed by atoms with Gasteiger partial charge in [0.25, 0.3) is 0 Å². The molecule has 0 aliphatic carbocycles. The van der Waals surface area contributed by atoms with E-state index < -0.39 is 5.60 Å². The van der Waals surface area contributed by atoms with Crippen LogP contribution < -0.4 is 5.32 Å². The second kappa shape index (κ2) is 7.62. The van der Waals surface area contributed by atoms with Crippen molar-refractivity contribution >= 4 is 5.91 Å². The van der Waals surface area contributed by atoms with E-state index >= 15 is 0 Å². The maximum Gasteiger partial charge on any atom is 0.222 e. The van der Waals surface area contributed by atoms with Gasteiger partial charge in [-0.2, -0.15) is 0 Å². The lowest BCUT2D eigenvalue weighted by Crippen LogP contribution is -2.55. The van der Waals surface area contributed by atoms with Crippen LogP contribution in [0.2, 0.25) is 0 Å². The van der Waals surface area contributed by atoms with Crippen LogP contribution in [0, 0.1) is 6.92 Å². The van der Waals surface area contributed by atoms with Crippen LogP contribution in [0.1, 0.15) is 17.9 Å². The maximum absolute atomic E-state index is 11.8. The third-order valence-electron chi connectivity index (χ3n) is 3.72. The molecule has 7 nitrogen and oxygen atoms in total. The van der Waals surface area contributed by atoms with Gasteiger partial charge in [0.2, 0.25) is 5.91 Å². The highest BCUT2D eigenvalue weighted by Crippen LogP contribution is 2.23. The number of nitrogens with one attached hydrogen (secondary N) is 1. The number of ether oxygens (including phenoxy) is 2. The van der Waals surface area contributed by atoms with E-state index in [-0.39, 0.29) is 12.3 Å². The first kappa shape index (κ1) is 16.8. The molecule has 0 saturated carbocycles. The first-order chi connectivity index (χ1) is 10.6. The Bertz CT molecular complexity index is 507. The van der Waals surface area contributed by atoms with E-state index in [1.165, 1.54) is 0 Å². The number of carbonyl (C=O) groups is 1. The van der Waals surface area contributed by atoms with E-state index in [1.807, 2.05) is 13.0 Å². The van der Waals surface area contributed by atoms with Crippen molar-refractivity contribution in [3.05, 3.63) is 23.8 Å². The molecule has 1 aromatic heterocycles. The molecule has 1 atom stereocenters. The Kier molecular flexibility index (Phi) is 5.82. The van der Waals surface area contributed by atoms with Gasteiger partial charge in [-0.25, -0.2) is 9.97 Å². The number of carbonyl (C=O) groups excluding carboxylic acids is 1. The number of aromatic nitrogens is 2. The summed E-state index contributed by atoms with van der Waals surface area (Å²) in [5.41, 5.74) is 0.371. The number of nitrogens with zero attached hydrogens (tertiary/aromatic N) is 3. The summed E-state index contributed by atoms with van der Waals surface area (Å²) in [5, 5.41) is 2.65. The molecule has 1 fully saturated rings. The fourth-order valence-electron chi connectivity index (χ4n) is 2.77. The van der Waals surface area contributed by atoms with Gasteiger partial charge in [0.05, 0.1) is 25.3 Å². The second-order valence-electron chi connectivity index (χ2n) is 5.62. The van der Waals surface area contributed by atoms with Gasteiger partial charge < -0.3 is 14.8 Å². The van der Waals surface area contributed by atoms with Crippen molar-refractivity contribution in [2.75, 3.05) is 40.5 Å². The van der Waals surface area contributed by atoms with Gasteiger partial charge >= 0.3 is 0 Å². The molecule has 122 valence electrons. The van der Waals surface area contributed by atoms with Gasteiger partial charge in [-0.1, -0.05) is 0 Å². The molecule has 1 aliphatic heterocycles. The van der Waals surface area contributed by atoms with Crippen molar-refractivity contribution in [3.8, 4) is 0 Å². The second-order valence-corrected chi connectivity index (χ2v) is 5.62. The van der Waals surface area contributed by atoms with Crippen LogP contribution in [-0.4, -0.2) is 66.8 Å². The van der Waals surface area contributed by atoms with Gasteiger partial charge in [-0.15, -0.1) is 0 Å². The zero-order valence-electron chi connectivity index (χ0n) is 13.5. The third kappa shape index (κ3) is 4.46. The predicted molar refractivity (Wildman–Crippen MR) is 81.3 cm³/mol. The predicted octanol–water partition coefficient (Wildman–Crippen LogP) is 0.139. The molecule has 22 heavy (non-hydrogen) atoms. The smallest absolute Gasteiger partial charge is 0.222 e. The van der Waals surface area contributed by atoms with Crippen molar-refractivity contribution in [1.82, 2.24) is 20.2 Å². The van der Waals surface area contributed by atoms with Crippen LogP contribution in [0.15, 0.2) is 12.3 Å². The van der Waals surface area contributed by atoms with Crippen LogP contribution in [0.25, 0.3) is 0 Å². The number of hydrogen-bond donors (Lipinski definition) is 1. The summed E-state index contributed by atoms with van der Waals surface area (Å²) in [7, 11) is 3.26. The molecule has 0 bridgehead atoms. The zero-order valence-corrected chi connectivity index (χ0v) is 13.5. The highest BCUT2D eigenvalue weighted by molar-refractivity contribution is 5.76. The number of amides is 1. The van der Waals surface area contributed by atoms with Crippen molar-refractivity contribution in [1.29, 1.82) is 0 Å². The Morgan fingerprint density at radius 1 is 1.59 bits per heavy atom. The van der Waals surface area contributed by atoms with E-state index in [0.717, 1.165) is 18.1 Å². The Balaban J connectivity index is 2.06. The van der Waals surface area contributed by atoms with Gasteiger partial charge in [0, 0.05) is 40.0 Å². The molecular formula is C15H24N4O3. The van der Waals surface area contributed by atoms with Crippen LogP contribution in [0.5, 0.6) is 0 Å². The molecule has 2 heterocycles. The Labute approximate surface area is 131 Å². The number of aryl methyl sites for hydroxylation is 1. The molecule has 1 unspecified atom stereocenters. The largest absolute Gasteiger partial charge is 0.382 e. The van der Waals surface area contributed by atoms with Crippen LogP contribution in [0.4, 0.5) is 0 Å². The summed E-state index contributed by atoms with van der Waals surface area (Å²) >= 11 is 0. The quantitative estimate of drug-likeness (QED) is 0.805. The molecule has 1 aromatic rings. The molecular weight excluding hydrogens is 284 g/mol. The van der Waals surface area contributed by atoms with E-state index in [0.29, 0.717) is 26.3 Å². The minimum atomic E-state index is -0.602. The lowest BCUT2D eigenvalue weighted by atomic mass is 9.97. The molecule has 7 heteroatoms. The lowest BCUT2D eigenvalue weighted by molar-refractivity contribution is -0.156. The van der Waals surface area contributed by atoms with Crippen LogP contribution in [0.3, 0.4) is 0 Å². The summed E-state index contributed by atoms with van der Waals surface area (Å²) in [5.74, 6) is 0.719. The van der Waals surface area contributed by atoms with Crippen molar-refractivity contribution in [3.63, 3.8) is 0 Å². The number of rotatable bonds is 6. The Morgan fingerprint density at radius 3 is 3.09 bits per heavy atom. The summed E-state index contributed by atoms with van der Waals surface area (Å²) in [4.78, 5) is 22.6. The average molecular weight is 308 g/mol. The average Bonchev–Trinajstić information content (AvgIpc) is 2.47. The molecule has 2 rings (SSSR count). The zero-order chi connectivity index (χ0) is 16.0. The van der Waals surface area contributed by atoms with Crippen molar-refractivity contribution in [2.24, 2.45) is 0 Å². The van der Waals surface area contributed by atoms with Gasteiger partial charge in [-0.3, -0.25) is 9.69 Å².